The fourth-order valence-electron chi connectivity index (χ4n) is 2.87. The van der Waals surface area contributed by atoms with Crippen LogP contribution in [0.5, 0.6) is 0 Å². The summed E-state index contributed by atoms with van der Waals surface area (Å²) in [6.07, 6.45) is 1.90. The Labute approximate surface area is 123 Å². The predicted octanol–water partition coefficient (Wildman–Crippen LogP) is 3.21. The zero-order valence-corrected chi connectivity index (χ0v) is 12.6. The first-order valence-corrected chi connectivity index (χ1v) is 7.77. The van der Waals surface area contributed by atoms with Crippen LogP contribution in [0.4, 0.5) is 0 Å². The summed E-state index contributed by atoms with van der Waals surface area (Å²) >= 11 is 1.44. The number of benzene rings is 1. The summed E-state index contributed by atoms with van der Waals surface area (Å²) in [6.45, 7) is 4.65. The van der Waals surface area contributed by atoms with Gasteiger partial charge in [-0.2, -0.15) is 0 Å². The molecule has 1 aromatic rings. The average molecular weight is 293 g/mol. The summed E-state index contributed by atoms with van der Waals surface area (Å²) in [7, 11) is 0. The molecule has 0 radical (unpaired) electrons. The molecule has 0 aromatic heterocycles. The molecule has 2 heterocycles. The van der Waals surface area contributed by atoms with Gasteiger partial charge in [0.25, 0.3) is 0 Å². The quantitative estimate of drug-likeness (QED) is 0.746. The van der Waals surface area contributed by atoms with Crippen LogP contribution in [0.25, 0.3) is 0 Å². The summed E-state index contributed by atoms with van der Waals surface area (Å²) < 4.78 is 5.89. The smallest absolute Gasteiger partial charge is 0.312 e. The maximum Gasteiger partial charge on any atom is 0.312 e. The molecule has 2 aliphatic rings. The average Bonchev–Trinajstić information content (AvgIpc) is 2.44. The molecule has 5 heteroatoms. The minimum atomic E-state index is -0.479. The second kappa shape index (κ2) is 5.30. The Morgan fingerprint density at radius 2 is 2.05 bits per heavy atom. The molecule has 3 rings (SSSR count). The molecule has 0 amide bonds. The molecular formula is C15H19NO3S. The molecule has 0 unspecified atom stereocenters. The number of ether oxygens (including phenoxy) is 1. The Morgan fingerprint density at radius 1 is 1.30 bits per heavy atom. The molecule has 1 aromatic carbocycles. The molecule has 2 atom stereocenters. The molecule has 0 saturated carbocycles. The summed E-state index contributed by atoms with van der Waals surface area (Å²) in [4.78, 5) is 7.25. The van der Waals surface area contributed by atoms with Gasteiger partial charge in [-0.1, -0.05) is 18.2 Å². The topological polar surface area (TPSA) is 44.5 Å². The van der Waals surface area contributed by atoms with E-state index < -0.39 is 5.60 Å². The van der Waals surface area contributed by atoms with E-state index in [0.717, 1.165) is 17.7 Å². The molecule has 0 spiro atoms. The molecule has 1 fully saturated rings. The molecular weight excluding hydrogens is 274 g/mol. The fraction of sp³-hybridized carbons (Fsp3) is 0.533. The van der Waals surface area contributed by atoms with Crippen molar-refractivity contribution in [2.45, 2.75) is 43.3 Å². The molecule has 0 N–H and O–H groups in total. The van der Waals surface area contributed by atoms with Crippen LogP contribution in [-0.2, 0) is 9.57 Å². The summed E-state index contributed by atoms with van der Waals surface area (Å²) in [5, 5.41) is 12.8. The van der Waals surface area contributed by atoms with Gasteiger partial charge in [-0.3, -0.25) is 5.21 Å². The Bertz CT molecular complexity index is 515. The van der Waals surface area contributed by atoms with Crippen molar-refractivity contribution in [3.05, 3.63) is 35.5 Å². The molecule has 108 valence electrons. The van der Waals surface area contributed by atoms with Gasteiger partial charge < -0.3 is 9.57 Å². The van der Waals surface area contributed by atoms with Crippen LogP contribution < -0.4 is 0 Å². The van der Waals surface area contributed by atoms with Crippen molar-refractivity contribution in [3.63, 3.8) is 0 Å². The first kappa shape index (κ1) is 13.8. The van der Waals surface area contributed by atoms with Gasteiger partial charge in [0.15, 0.2) is 6.10 Å². The second-order valence-electron chi connectivity index (χ2n) is 5.75. The Hall–Kier alpha value is -1.20. The van der Waals surface area contributed by atoms with E-state index in [0.29, 0.717) is 16.6 Å². The third-order valence-electron chi connectivity index (χ3n) is 3.92. The van der Waals surface area contributed by atoms with Crippen LogP contribution >= 0.6 is 11.8 Å². The van der Waals surface area contributed by atoms with Crippen molar-refractivity contribution in [2.75, 3.05) is 6.61 Å². The first-order valence-electron chi connectivity index (χ1n) is 6.96. The number of hydrogen-bond donors (Lipinski definition) is 0. The van der Waals surface area contributed by atoms with E-state index in [1.165, 1.54) is 11.8 Å². The molecule has 2 aliphatic heterocycles. The highest BCUT2D eigenvalue weighted by atomic mass is 32.2. The van der Waals surface area contributed by atoms with Gasteiger partial charge in [-0.15, -0.1) is 0 Å². The lowest BCUT2D eigenvalue weighted by molar-refractivity contribution is -0.773. The highest BCUT2D eigenvalue weighted by Gasteiger charge is 2.49. The van der Waals surface area contributed by atoms with E-state index in [-0.39, 0.29) is 12.0 Å². The van der Waals surface area contributed by atoms with Crippen LogP contribution in [0.1, 0.15) is 26.7 Å². The fourth-order valence-corrected chi connectivity index (χ4v) is 3.87. The zero-order chi connectivity index (χ0) is 14.2. The van der Waals surface area contributed by atoms with Crippen LogP contribution in [0.15, 0.2) is 35.2 Å². The van der Waals surface area contributed by atoms with E-state index in [2.05, 4.69) is 0 Å². The standard InChI is InChI=1S/C15H19NO3S/c1-15(2)12-9-6-10-18-13(12)14(16(17)19-15)20-11-7-4-3-5-8-11/h3-5,7-8,12-13H,6,9-10H2,1-2H3/t12-,13-/m0/s1. The zero-order valence-electron chi connectivity index (χ0n) is 11.7. The van der Waals surface area contributed by atoms with E-state index in [1.807, 2.05) is 44.2 Å². The van der Waals surface area contributed by atoms with Gasteiger partial charge in [-0.05, 0) is 50.6 Å². The van der Waals surface area contributed by atoms with E-state index in [4.69, 9.17) is 9.57 Å². The number of fused-ring (bicyclic) bond motifs is 1. The third-order valence-corrected chi connectivity index (χ3v) is 5.02. The van der Waals surface area contributed by atoms with Crippen LogP contribution in [0, 0.1) is 11.1 Å². The van der Waals surface area contributed by atoms with Gasteiger partial charge >= 0.3 is 5.04 Å². The summed E-state index contributed by atoms with van der Waals surface area (Å²) in [5.74, 6) is 0.229. The van der Waals surface area contributed by atoms with Crippen LogP contribution in [0.2, 0.25) is 0 Å². The highest BCUT2D eigenvalue weighted by molar-refractivity contribution is 8.13. The minimum Gasteiger partial charge on any atom is -0.396 e. The van der Waals surface area contributed by atoms with Crippen molar-refractivity contribution in [1.82, 2.24) is 0 Å². The number of nitrogens with zero attached hydrogens (tertiary/aromatic N) is 1. The highest BCUT2D eigenvalue weighted by Crippen LogP contribution is 2.40. The van der Waals surface area contributed by atoms with Crippen molar-refractivity contribution in [2.24, 2.45) is 5.92 Å². The van der Waals surface area contributed by atoms with Crippen molar-refractivity contribution >= 4 is 16.8 Å². The molecule has 1 saturated heterocycles. The Kier molecular flexibility index (Phi) is 3.65. The lowest BCUT2D eigenvalue weighted by Crippen LogP contribution is -2.55. The number of thioether (sulfide) groups is 1. The van der Waals surface area contributed by atoms with E-state index >= 15 is 0 Å². The molecule has 0 aliphatic carbocycles. The van der Waals surface area contributed by atoms with Crippen LogP contribution in [-0.4, -0.2) is 28.3 Å². The first-order chi connectivity index (χ1) is 9.58. The molecule has 4 nitrogen and oxygen atoms in total. The van der Waals surface area contributed by atoms with Crippen molar-refractivity contribution in [3.8, 4) is 0 Å². The van der Waals surface area contributed by atoms with Gasteiger partial charge in [-0.25, -0.2) is 0 Å². The maximum atomic E-state index is 12.2. The Balaban J connectivity index is 1.91. The van der Waals surface area contributed by atoms with Gasteiger partial charge in [0, 0.05) is 17.4 Å². The van der Waals surface area contributed by atoms with E-state index in [9.17, 15) is 5.21 Å². The number of rotatable bonds is 1. The Morgan fingerprint density at radius 3 is 2.80 bits per heavy atom. The minimum absolute atomic E-state index is 0.157. The predicted molar refractivity (Wildman–Crippen MR) is 78.6 cm³/mol. The second-order valence-corrected chi connectivity index (χ2v) is 6.84. The molecule has 0 bridgehead atoms. The van der Waals surface area contributed by atoms with Crippen molar-refractivity contribution < 1.29 is 14.5 Å². The largest absolute Gasteiger partial charge is 0.396 e. The van der Waals surface area contributed by atoms with Gasteiger partial charge in [0.05, 0.1) is 10.5 Å². The van der Waals surface area contributed by atoms with Crippen LogP contribution in [0.3, 0.4) is 0 Å². The summed E-state index contributed by atoms with van der Waals surface area (Å²) in [6, 6.07) is 9.87. The third kappa shape index (κ3) is 2.52. The SMILES string of the molecule is CC1(C)O[N+]([O-])=C(Sc2ccccc2)[C@H]2OCCC[C@@H]21. The lowest BCUT2D eigenvalue weighted by atomic mass is 9.81. The summed E-state index contributed by atoms with van der Waals surface area (Å²) in [5.41, 5.74) is -0.479. The maximum absolute atomic E-state index is 12.2. The molecule has 20 heavy (non-hydrogen) atoms. The van der Waals surface area contributed by atoms with Gasteiger partial charge in [0.2, 0.25) is 0 Å². The normalized spacial score (nSPS) is 28.7. The monoisotopic (exact) mass is 293 g/mol. The number of hydrogen-bond acceptors (Lipinski definition) is 4. The van der Waals surface area contributed by atoms with Crippen molar-refractivity contribution in [1.29, 1.82) is 0 Å². The lowest BCUT2D eigenvalue weighted by Gasteiger charge is -2.45. The van der Waals surface area contributed by atoms with E-state index in [1.54, 1.807) is 0 Å². The van der Waals surface area contributed by atoms with Gasteiger partial charge in [0.1, 0.15) is 0 Å².